The van der Waals surface area contributed by atoms with Gasteiger partial charge >= 0.3 is 6.18 Å². The Morgan fingerprint density at radius 1 is 1.25 bits per heavy atom. The van der Waals surface area contributed by atoms with Gasteiger partial charge in [0.25, 0.3) is 0 Å². The first kappa shape index (κ1) is 16.5. The number of hydrogen-bond acceptors (Lipinski definition) is 4. The van der Waals surface area contributed by atoms with Gasteiger partial charge in [0.15, 0.2) is 0 Å². The van der Waals surface area contributed by atoms with E-state index in [4.69, 9.17) is 0 Å². The molecule has 0 saturated heterocycles. The lowest BCUT2D eigenvalue weighted by Gasteiger charge is -2.29. The molecule has 7 heteroatoms. The van der Waals surface area contributed by atoms with Gasteiger partial charge in [0.05, 0.1) is 0 Å². The summed E-state index contributed by atoms with van der Waals surface area (Å²) in [6.07, 6.45) is -3.72. The van der Waals surface area contributed by atoms with E-state index in [1.165, 1.54) is 0 Å². The van der Waals surface area contributed by atoms with E-state index < -0.39 is 12.0 Å². The van der Waals surface area contributed by atoms with Crippen molar-refractivity contribution in [3.05, 3.63) is 11.9 Å². The number of halogens is 3. The number of nitrogens with zero attached hydrogens (tertiary/aromatic N) is 3. The number of aromatic nitrogens is 2. The Bertz CT molecular complexity index is 434. The minimum Gasteiger partial charge on any atom is -0.370 e. The molecule has 0 bridgehead atoms. The molecule has 1 atom stereocenters. The molecule has 0 saturated carbocycles. The monoisotopic (exact) mass is 290 g/mol. The molecule has 114 valence electrons. The number of nitrogens with one attached hydrogen (secondary N) is 1. The lowest BCUT2D eigenvalue weighted by Crippen LogP contribution is -2.33. The molecule has 20 heavy (non-hydrogen) atoms. The zero-order chi connectivity index (χ0) is 15.3. The van der Waals surface area contributed by atoms with Gasteiger partial charge in [0.2, 0.25) is 5.82 Å². The van der Waals surface area contributed by atoms with Crippen molar-refractivity contribution in [3.8, 4) is 0 Å². The second-order valence-electron chi connectivity index (χ2n) is 4.51. The quantitative estimate of drug-likeness (QED) is 0.870. The second kappa shape index (κ2) is 6.76. The Balaban J connectivity index is 3.26. The average molecular weight is 290 g/mol. The molecule has 1 heterocycles. The van der Waals surface area contributed by atoms with E-state index in [9.17, 15) is 13.2 Å². The summed E-state index contributed by atoms with van der Waals surface area (Å²) in [4.78, 5) is 9.04. The van der Waals surface area contributed by atoms with Crippen LogP contribution in [-0.2, 0) is 6.18 Å². The topological polar surface area (TPSA) is 41.0 Å². The predicted octanol–water partition coefficient (Wildman–Crippen LogP) is 3.55. The van der Waals surface area contributed by atoms with E-state index in [2.05, 4.69) is 15.3 Å². The fourth-order valence-electron chi connectivity index (χ4n) is 1.90. The minimum atomic E-state index is -4.55. The molecule has 0 fully saturated rings. The maximum atomic E-state index is 12.9. The Hall–Kier alpha value is -1.53. The molecule has 0 aliphatic heterocycles. The van der Waals surface area contributed by atoms with E-state index >= 15 is 0 Å². The van der Waals surface area contributed by atoms with Gasteiger partial charge in [-0.1, -0.05) is 6.92 Å². The summed E-state index contributed by atoms with van der Waals surface area (Å²) in [6.45, 7) is 8.75. The van der Waals surface area contributed by atoms with Crippen molar-refractivity contribution >= 4 is 11.6 Å². The molecule has 0 amide bonds. The maximum absolute atomic E-state index is 12.9. The summed E-state index contributed by atoms with van der Waals surface area (Å²) in [5.74, 6) is -0.598. The zero-order valence-electron chi connectivity index (χ0n) is 12.3. The van der Waals surface area contributed by atoms with Gasteiger partial charge in [0.1, 0.15) is 11.6 Å². The number of anilines is 2. The third-order valence-corrected chi connectivity index (χ3v) is 3.08. The van der Waals surface area contributed by atoms with Crippen molar-refractivity contribution in [3.63, 3.8) is 0 Å². The van der Waals surface area contributed by atoms with Gasteiger partial charge in [-0.05, 0) is 27.2 Å². The highest BCUT2D eigenvalue weighted by atomic mass is 19.4. The SMILES string of the molecule is CCNc1cc(N(CC)C(C)CC)nc(C(F)(F)F)n1. The molecule has 1 N–H and O–H groups in total. The summed E-state index contributed by atoms with van der Waals surface area (Å²) in [5.41, 5.74) is 0. The average Bonchev–Trinajstić information content (AvgIpc) is 2.38. The molecule has 1 rings (SSSR count). The van der Waals surface area contributed by atoms with Crippen LogP contribution in [0.4, 0.5) is 24.8 Å². The van der Waals surface area contributed by atoms with Crippen LogP contribution in [-0.4, -0.2) is 29.1 Å². The van der Waals surface area contributed by atoms with Crippen LogP contribution < -0.4 is 10.2 Å². The largest absolute Gasteiger partial charge is 0.451 e. The van der Waals surface area contributed by atoms with Crippen LogP contribution in [0, 0.1) is 0 Å². The third kappa shape index (κ3) is 3.98. The van der Waals surface area contributed by atoms with E-state index in [-0.39, 0.29) is 11.9 Å². The molecule has 0 aliphatic rings. The van der Waals surface area contributed by atoms with Crippen LogP contribution >= 0.6 is 0 Å². The van der Waals surface area contributed by atoms with E-state index in [0.29, 0.717) is 18.9 Å². The summed E-state index contributed by atoms with van der Waals surface area (Å²) in [6, 6.07) is 1.68. The fourth-order valence-corrected chi connectivity index (χ4v) is 1.90. The first-order valence-corrected chi connectivity index (χ1v) is 6.80. The van der Waals surface area contributed by atoms with Crippen LogP contribution in [0.25, 0.3) is 0 Å². The van der Waals surface area contributed by atoms with Crippen molar-refractivity contribution in [2.24, 2.45) is 0 Å². The maximum Gasteiger partial charge on any atom is 0.451 e. The lowest BCUT2D eigenvalue weighted by molar-refractivity contribution is -0.144. The summed E-state index contributed by atoms with van der Waals surface area (Å²) >= 11 is 0. The van der Waals surface area contributed by atoms with Crippen molar-refractivity contribution in [2.75, 3.05) is 23.3 Å². The van der Waals surface area contributed by atoms with Gasteiger partial charge < -0.3 is 10.2 Å². The Labute approximate surface area is 117 Å². The summed E-state index contributed by atoms with van der Waals surface area (Å²) < 4.78 is 38.6. The molecular formula is C13H21F3N4. The number of hydrogen-bond donors (Lipinski definition) is 1. The van der Waals surface area contributed by atoms with Crippen LogP contribution in [0.1, 0.15) is 39.9 Å². The Morgan fingerprint density at radius 3 is 2.35 bits per heavy atom. The number of alkyl halides is 3. The van der Waals surface area contributed by atoms with Crippen molar-refractivity contribution in [2.45, 2.75) is 46.3 Å². The lowest BCUT2D eigenvalue weighted by atomic mass is 10.2. The molecule has 0 aromatic carbocycles. The third-order valence-electron chi connectivity index (χ3n) is 3.08. The first-order chi connectivity index (χ1) is 9.33. The van der Waals surface area contributed by atoms with Crippen LogP contribution in [0.2, 0.25) is 0 Å². The Morgan fingerprint density at radius 2 is 1.90 bits per heavy atom. The van der Waals surface area contributed by atoms with Gasteiger partial charge in [-0.15, -0.1) is 0 Å². The van der Waals surface area contributed by atoms with Crippen molar-refractivity contribution in [1.29, 1.82) is 0 Å². The van der Waals surface area contributed by atoms with E-state index in [1.54, 1.807) is 13.0 Å². The molecule has 1 aromatic rings. The molecule has 0 spiro atoms. The second-order valence-corrected chi connectivity index (χ2v) is 4.51. The van der Waals surface area contributed by atoms with E-state index in [1.807, 2.05) is 25.7 Å². The molecule has 4 nitrogen and oxygen atoms in total. The van der Waals surface area contributed by atoms with Crippen LogP contribution in [0.3, 0.4) is 0 Å². The highest BCUT2D eigenvalue weighted by molar-refractivity contribution is 5.50. The fraction of sp³-hybridized carbons (Fsp3) is 0.692. The normalized spacial score (nSPS) is 13.2. The standard InChI is InChI=1S/C13H21F3N4/c1-5-9(4)20(7-3)11-8-10(17-6-2)18-12(19-11)13(14,15)16/h8-9H,5-7H2,1-4H3,(H,17,18,19). The zero-order valence-corrected chi connectivity index (χ0v) is 12.3. The molecular weight excluding hydrogens is 269 g/mol. The Kier molecular flexibility index (Phi) is 5.59. The van der Waals surface area contributed by atoms with Crippen LogP contribution in [0.15, 0.2) is 6.07 Å². The minimum absolute atomic E-state index is 0.116. The molecule has 1 aromatic heterocycles. The van der Waals surface area contributed by atoms with Crippen LogP contribution in [0.5, 0.6) is 0 Å². The van der Waals surface area contributed by atoms with Gasteiger partial charge in [-0.2, -0.15) is 13.2 Å². The molecule has 0 aliphatic carbocycles. The van der Waals surface area contributed by atoms with Crippen molar-refractivity contribution in [1.82, 2.24) is 9.97 Å². The predicted molar refractivity (Wildman–Crippen MR) is 74.0 cm³/mol. The highest BCUT2D eigenvalue weighted by Crippen LogP contribution is 2.29. The smallest absolute Gasteiger partial charge is 0.370 e. The highest BCUT2D eigenvalue weighted by Gasteiger charge is 2.36. The van der Waals surface area contributed by atoms with Gasteiger partial charge in [0, 0.05) is 25.2 Å². The van der Waals surface area contributed by atoms with Gasteiger partial charge in [-0.3, -0.25) is 0 Å². The number of rotatable bonds is 6. The first-order valence-electron chi connectivity index (χ1n) is 6.80. The summed E-state index contributed by atoms with van der Waals surface area (Å²) in [5, 5.41) is 2.82. The van der Waals surface area contributed by atoms with Gasteiger partial charge in [-0.25, -0.2) is 9.97 Å². The summed E-state index contributed by atoms with van der Waals surface area (Å²) in [7, 11) is 0. The molecule has 0 radical (unpaired) electrons. The van der Waals surface area contributed by atoms with Crippen molar-refractivity contribution < 1.29 is 13.2 Å². The van der Waals surface area contributed by atoms with E-state index in [0.717, 1.165) is 6.42 Å². The molecule has 1 unspecified atom stereocenters.